The van der Waals surface area contributed by atoms with Crippen molar-refractivity contribution in [1.29, 1.82) is 0 Å². The van der Waals surface area contributed by atoms with Crippen LogP contribution in [0.2, 0.25) is 0 Å². The van der Waals surface area contributed by atoms with Crippen LogP contribution in [0.3, 0.4) is 0 Å². The zero-order valence-electron chi connectivity index (χ0n) is 15.4. The summed E-state index contributed by atoms with van der Waals surface area (Å²) in [6, 6.07) is 18.7. The minimum atomic E-state index is -0.238. The van der Waals surface area contributed by atoms with E-state index in [1.165, 1.54) is 37.0 Å². The zero-order valence-corrected chi connectivity index (χ0v) is 16.2. The number of halogens is 1. The van der Waals surface area contributed by atoms with Crippen LogP contribution in [0.5, 0.6) is 0 Å². The van der Waals surface area contributed by atoms with Crippen LogP contribution in [0.25, 0.3) is 0 Å². The van der Waals surface area contributed by atoms with E-state index in [2.05, 4.69) is 45.9 Å². The fourth-order valence-corrected chi connectivity index (χ4v) is 4.82. The highest BCUT2D eigenvalue weighted by molar-refractivity contribution is 7.80. The maximum Gasteiger partial charge on any atom is 0.170 e. The Bertz CT molecular complexity index is 751. The average molecular weight is 384 g/mol. The highest BCUT2D eigenvalue weighted by Gasteiger charge is 2.38. The van der Waals surface area contributed by atoms with Gasteiger partial charge in [0, 0.05) is 30.4 Å². The van der Waals surface area contributed by atoms with E-state index < -0.39 is 0 Å². The van der Waals surface area contributed by atoms with Crippen molar-refractivity contribution in [3.63, 3.8) is 0 Å². The van der Waals surface area contributed by atoms with E-state index in [9.17, 15) is 4.39 Å². The third-order valence-corrected chi connectivity index (χ3v) is 5.99. The Balaban J connectivity index is 1.35. The SMILES string of the molecule is Fc1ccc(NC(=S)NC2C[C@H]3CCC[C@H](C2)N3Cc2ccccc2)cc1. The van der Waals surface area contributed by atoms with Crippen LogP contribution < -0.4 is 10.6 Å². The summed E-state index contributed by atoms with van der Waals surface area (Å²) in [5, 5.41) is 7.29. The van der Waals surface area contributed by atoms with Gasteiger partial charge in [-0.05, 0) is 67.7 Å². The Labute approximate surface area is 166 Å². The van der Waals surface area contributed by atoms with Gasteiger partial charge in [-0.25, -0.2) is 4.39 Å². The summed E-state index contributed by atoms with van der Waals surface area (Å²) < 4.78 is 13.0. The number of rotatable bonds is 4. The number of piperidine rings is 2. The second kappa shape index (κ2) is 8.36. The van der Waals surface area contributed by atoms with Crippen LogP contribution in [0.1, 0.15) is 37.7 Å². The van der Waals surface area contributed by atoms with Gasteiger partial charge in [0.15, 0.2) is 5.11 Å². The van der Waals surface area contributed by atoms with Crippen LogP contribution in [-0.4, -0.2) is 28.1 Å². The first-order valence-electron chi connectivity index (χ1n) is 9.80. The number of thiocarbonyl (C=S) groups is 1. The lowest BCUT2D eigenvalue weighted by Gasteiger charge is -2.49. The molecule has 3 nitrogen and oxygen atoms in total. The van der Waals surface area contributed by atoms with Crippen molar-refractivity contribution < 1.29 is 4.39 Å². The smallest absolute Gasteiger partial charge is 0.170 e. The van der Waals surface area contributed by atoms with Gasteiger partial charge in [0.05, 0.1) is 0 Å². The number of anilines is 1. The molecule has 0 aromatic heterocycles. The van der Waals surface area contributed by atoms with E-state index in [1.807, 2.05) is 0 Å². The molecule has 5 heteroatoms. The predicted molar refractivity (Wildman–Crippen MR) is 112 cm³/mol. The first-order valence-corrected chi connectivity index (χ1v) is 10.2. The van der Waals surface area contributed by atoms with Crippen molar-refractivity contribution in [1.82, 2.24) is 10.2 Å². The zero-order chi connectivity index (χ0) is 18.6. The lowest BCUT2D eigenvalue weighted by molar-refractivity contribution is 0.0212. The van der Waals surface area contributed by atoms with Crippen molar-refractivity contribution in [3.8, 4) is 0 Å². The van der Waals surface area contributed by atoms with Gasteiger partial charge in [-0.15, -0.1) is 0 Å². The van der Waals surface area contributed by atoms with Crippen molar-refractivity contribution in [2.24, 2.45) is 0 Å². The van der Waals surface area contributed by atoms with Crippen molar-refractivity contribution in [3.05, 3.63) is 66.0 Å². The summed E-state index contributed by atoms with van der Waals surface area (Å²) in [5.41, 5.74) is 2.21. The molecule has 0 saturated carbocycles. The maximum absolute atomic E-state index is 13.0. The molecule has 2 aliphatic heterocycles. The Morgan fingerprint density at radius 2 is 1.67 bits per heavy atom. The molecule has 2 heterocycles. The number of nitrogens with one attached hydrogen (secondary N) is 2. The monoisotopic (exact) mass is 383 g/mol. The average Bonchev–Trinajstić information content (AvgIpc) is 2.65. The van der Waals surface area contributed by atoms with E-state index in [1.54, 1.807) is 12.1 Å². The van der Waals surface area contributed by atoms with E-state index >= 15 is 0 Å². The molecule has 2 atom stereocenters. The standard InChI is InChI=1S/C22H26FN3S/c23-17-9-11-18(12-10-17)24-22(27)25-19-13-20-7-4-8-21(14-19)26(20)15-16-5-2-1-3-6-16/h1-3,5-6,9-12,19-21H,4,7-8,13-15H2,(H2,24,25,27)/t20-,21-/m1/s1. The molecule has 0 spiro atoms. The Morgan fingerprint density at radius 3 is 2.33 bits per heavy atom. The normalized spacial score (nSPS) is 25.0. The summed E-state index contributed by atoms with van der Waals surface area (Å²) in [5.74, 6) is -0.238. The second-order valence-corrected chi connectivity index (χ2v) is 8.08. The van der Waals surface area contributed by atoms with Gasteiger partial charge < -0.3 is 10.6 Å². The largest absolute Gasteiger partial charge is 0.360 e. The molecule has 2 aromatic rings. The van der Waals surface area contributed by atoms with Gasteiger partial charge in [0.2, 0.25) is 0 Å². The molecule has 0 unspecified atom stereocenters. The van der Waals surface area contributed by atoms with E-state index in [4.69, 9.17) is 12.2 Å². The fraction of sp³-hybridized carbons (Fsp3) is 0.409. The van der Waals surface area contributed by atoms with E-state index in [0.717, 1.165) is 25.1 Å². The van der Waals surface area contributed by atoms with Gasteiger partial charge >= 0.3 is 0 Å². The molecule has 27 heavy (non-hydrogen) atoms. The van der Waals surface area contributed by atoms with Crippen molar-refractivity contribution in [2.75, 3.05) is 5.32 Å². The van der Waals surface area contributed by atoms with Gasteiger partial charge in [0.25, 0.3) is 0 Å². The van der Waals surface area contributed by atoms with Crippen LogP contribution in [0, 0.1) is 5.82 Å². The first kappa shape index (κ1) is 18.4. The number of nitrogens with zero attached hydrogens (tertiary/aromatic N) is 1. The van der Waals surface area contributed by atoms with Gasteiger partial charge in [0.1, 0.15) is 5.82 Å². The summed E-state index contributed by atoms with van der Waals surface area (Å²) in [6.45, 7) is 1.04. The van der Waals surface area contributed by atoms with Gasteiger partial charge in [-0.1, -0.05) is 36.8 Å². The lowest BCUT2D eigenvalue weighted by atomic mass is 9.81. The summed E-state index contributed by atoms with van der Waals surface area (Å²) >= 11 is 5.49. The summed E-state index contributed by atoms with van der Waals surface area (Å²) in [7, 11) is 0. The molecule has 2 saturated heterocycles. The Kier molecular flexibility index (Phi) is 5.69. The van der Waals surface area contributed by atoms with Gasteiger partial charge in [-0.3, -0.25) is 4.90 Å². The molecule has 0 radical (unpaired) electrons. The minimum absolute atomic E-state index is 0.238. The third-order valence-electron chi connectivity index (χ3n) is 5.77. The minimum Gasteiger partial charge on any atom is -0.360 e. The molecule has 2 fully saturated rings. The van der Waals surface area contributed by atoms with Crippen molar-refractivity contribution >= 4 is 23.0 Å². The molecule has 2 bridgehead atoms. The molecular formula is C22H26FN3S. The fourth-order valence-electron chi connectivity index (χ4n) is 4.53. The third kappa shape index (κ3) is 4.66. The molecule has 2 aliphatic rings. The van der Waals surface area contributed by atoms with Crippen LogP contribution >= 0.6 is 12.2 Å². The Morgan fingerprint density at radius 1 is 1.00 bits per heavy atom. The maximum atomic E-state index is 13.0. The lowest BCUT2D eigenvalue weighted by Crippen LogP contribution is -2.56. The molecule has 2 aromatic carbocycles. The molecule has 0 aliphatic carbocycles. The van der Waals surface area contributed by atoms with Crippen LogP contribution in [-0.2, 0) is 6.54 Å². The quantitative estimate of drug-likeness (QED) is 0.749. The molecular weight excluding hydrogens is 357 g/mol. The highest BCUT2D eigenvalue weighted by Crippen LogP contribution is 2.35. The topological polar surface area (TPSA) is 27.3 Å². The van der Waals surface area contributed by atoms with E-state index in [-0.39, 0.29) is 5.82 Å². The van der Waals surface area contributed by atoms with Crippen LogP contribution in [0.4, 0.5) is 10.1 Å². The number of hydrogen-bond acceptors (Lipinski definition) is 2. The molecule has 142 valence electrons. The first-order chi connectivity index (χ1) is 13.2. The number of benzene rings is 2. The van der Waals surface area contributed by atoms with Crippen LogP contribution in [0.15, 0.2) is 54.6 Å². The summed E-state index contributed by atoms with van der Waals surface area (Å²) in [4.78, 5) is 2.70. The highest BCUT2D eigenvalue weighted by atomic mass is 32.1. The van der Waals surface area contributed by atoms with Gasteiger partial charge in [-0.2, -0.15) is 0 Å². The molecule has 0 amide bonds. The molecule has 2 N–H and O–H groups in total. The predicted octanol–water partition coefficient (Wildman–Crippen LogP) is 4.70. The Hall–Kier alpha value is -1.98. The summed E-state index contributed by atoms with van der Waals surface area (Å²) in [6.07, 6.45) is 6.09. The molecule has 4 rings (SSSR count). The number of fused-ring (bicyclic) bond motifs is 2. The van der Waals surface area contributed by atoms with E-state index in [0.29, 0.717) is 23.2 Å². The number of hydrogen-bond donors (Lipinski definition) is 2. The van der Waals surface area contributed by atoms with Crippen molar-refractivity contribution in [2.45, 2.75) is 56.8 Å². The second-order valence-electron chi connectivity index (χ2n) is 7.67.